The van der Waals surface area contributed by atoms with Crippen LogP contribution in [0.2, 0.25) is 0 Å². The van der Waals surface area contributed by atoms with Gasteiger partial charge in [0.15, 0.2) is 0 Å². The van der Waals surface area contributed by atoms with Crippen molar-refractivity contribution in [2.75, 3.05) is 0 Å². The standard InChI is InChI=1S/C7H12N4/c1-6(8)3-4-7-5-11(2)10-9-7/h3-6H,8H2,1-2H3/b4-3+. The van der Waals surface area contributed by atoms with Crippen molar-refractivity contribution >= 4 is 6.08 Å². The van der Waals surface area contributed by atoms with Crippen LogP contribution in [0.5, 0.6) is 0 Å². The highest BCUT2D eigenvalue weighted by atomic mass is 15.4. The van der Waals surface area contributed by atoms with E-state index in [2.05, 4.69) is 10.3 Å². The molecule has 0 radical (unpaired) electrons. The molecule has 4 nitrogen and oxygen atoms in total. The molecule has 4 heteroatoms. The fraction of sp³-hybridized carbons (Fsp3) is 0.429. The van der Waals surface area contributed by atoms with Crippen LogP contribution in [0.15, 0.2) is 12.3 Å². The SMILES string of the molecule is CC(N)/C=C/c1cn(C)nn1. The molecule has 0 saturated heterocycles. The van der Waals surface area contributed by atoms with Gasteiger partial charge in [-0.1, -0.05) is 11.3 Å². The maximum absolute atomic E-state index is 5.51. The summed E-state index contributed by atoms with van der Waals surface area (Å²) in [6.07, 6.45) is 5.57. The van der Waals surface area contributed by atoms with E-state index in [0.29, 0.717) is 0 Å². The number of rotatable bonds is 2. The Labute approximate surface area is 65.7 Å². The summed E-state index contributed by atoms with van der Waals surface area (Å²) in [4.78, 5) is 0. The molecule has 1 aromatic heterocycles. The van der Waals surface area contributed by atoms with Crippen LogP contribution in [-0.4, -0.2) is 21.0 Å². The predicted molar refractivity (Wildman–Crippen MR) is 43.7 cm³/mol. The van der Waals surface area contributed by atoms with Crippen molar-refractivity contribution in [3.05, 3.63) is 18.0 Å². The molecule has 1 rings (SSSR count). The smallest absolute Gasteiger partial charge is 0.105 e. The minimum atomic E-state index is 0.0667. The Morgan fingerprint density at radius 1 is 1.73 bits per heavy atom. The molecule has 0 aliphatic carbocycles. The molecule has 0 aliphatic heterocycles. The second kappa shape index (κ2) is 3.30. The number of aryl methyl sites for hydroxylation is 1. The zero-order valence-corrected chi connectivity index (χ0v) is 6.73. The van der Waals surface area contributed by atoms with Crippen LogP contribution in [0, 0.1) is 0 Å². The molecule has 1 unspecified atom stereocenters. The molecule has 0 fully saturated rings. The fourth-order valence-corrected chi connectivity index (χ4v) is 0.692. The molecule has 1 heterocycles. The van der Waals surface area contributed by atoms with E-state index in [1.54, 1.807) is 4.68 Å². The normalized spacial score (nSPS) is 14.1. The molecule has 0 bridgehead atoms. The van der Waals surface area contributed by atoms with Gasteiger partial charge in [0, 0.05) is 13.1 Å². The highest BCUT2D eigenvalue weighted by Crippen LogP contribution is 1.94. The highest BCUT2D eigenvalue weighted by Gasteiger charge is 1.91. The summed E-state index contributed by atoms with van der Waals surface area (Å²) in [6, 6.07) is 0.0667. The molecule has 0 amide bonds. The van der Waals surface area contributed by atoms with E-state index >= 15 is 0 Å². The first-order valence-corrected chi connectivity index (χ1v) is 3.48. The van der Waals surface area contributed by atoms with Crippen molar-refractivity contribution in [1.82, 2.24) is 15.0 Å². The fourth-order valence-electron chi connectivity index (χ4n) is 0.692. The van der Waals surface area contributed by atoms with Crippen LogP contribution in [0.1, 0.15) is 12.6 Å². The zero-order valence-electron chi connectivity index (χ0n) is 6.73. The predicted octanol–water partition coefficient (Wildman–Crippen LogP) is 0.175. The van der Waals surface area contributed by atoms with Gasteiger partial charge in [0.2, 0.25) is 0 Å². The average Bonchev–Trinajstić information content (AvgIpc) is 2.31. The van der Waals surface area contributed by atoms with Gasteiger partial charge < -0.3 is 5.73 Å². The first kappa shape index (κ1) is 7.94. The van der Waals surface area contributed by atoms with Gasteiger partial charge in [-0.25, -0.2) is 0 Å². The van der Waals surface area contributed by atoms with Crippen molar-refractivity contribution < 1.29 is 0 Å². The lowest BCUT2D eigenvalue weighted by Crippen LogP contribution is -2.09. The van der Waals surface area contributed by atoms with Crippen LogP contribution in [0.4, 0.5) is 0 Å². The number of hydrogen-bond acceptors (Lipinski definition) is 3. The first-order chi connectivity index (χ1) is 5.18. The molecular weight excluding hydrogens is 140 g/mol. The van der Waals surface area contributed by atoms with Crippen LogP contribution in [0.3, 0.4) is 0 Å². The van der Waals surface area contributed by atoms with Crippen molar-refractivity contribution in [2.45, 2.75) is 13.0 Å². The van der Waals surface area contributed by atoms with Crippen LogP contribution in [0.25, 0.3) is 6.08 Å². The summed E-state index contributed by atoms with van der Waals surface area (Å²) in [5.41, 5.74) is 6.34. The summed E-state index contributed by atoms with van der Waals surface area (Å²) < 4.78 is 1.65. The lowest BCUT2D eigenvalue weighted by atomic mass is 10.3. The molecule has 0 aromatic carbocycles. The maximum Gasteiger partial charge on any atom is 0.105 e. The topological polar surface area (TPSA) is 56.7 Å². The lowest BCUT2D eigenvalue weighted by Gasteiger charge is -1.90. The molecule has 0 spiro atoms. The van der Waals surface area contributed by atoms with E-state index in [1.807, 2.05) is 32.3 Å². The molecule has 1 aromatic rings. The van der Waals surface area contributed by atoms with Crippen LogP contribution in [-0.2, 0) is 7.05 Å². The largest absolute Gasteiger partial charge is 0.325 e. The Balaban J connectivity index is 2.64. The average molecular weight is 152 g/mol. The van der Waals surface area contributed by atoms with Crippen LogP contribution >= 0.6 is 0 Å². The van der Waals surface area contributed by atoms with Crippen molar-refractivity contribution in [3.8, 4) is 0 Å². The summed E-state index contributed by atoms with van der Waals surface area (Å²) in [5, 5.41) is 7.63. The summed E-state index contributed by atoms with van der Waals surface area (Å²) >= 11 is 0. The van der Waals surface area contributed by atoms with Gasteiger partial charge in [-0.3, -0.25) is 4.68 Å². The molecule has 11 heavy (non-hydrogen) atoms. The van der Waals surface area contributed by atoms with E-state index in [0.717, 1.165) is 5.69 Å². The van der Waals surface area contributed by atoms with Crippen molar-refractivity contribution in [3.63, 3.8) is 0 Å². The van der Waals surface area contributed by atoms with Gasteiger partial charge in [-0.05, 0) is 13.0 Å². The summed E-state index contributed by atoms with van der Waals surface area (Å²) in [7, 11) is 1.83. The second-order valence-corrected chi connectivity index (χ2v) is 2.54. The second-order valence-electron chi connectivity index (χ2n) is 2.54. The Morgan fingerprint density at radius 3 is 2.91 bits per heavy atom. The quantitative estimate of drug-likeness (QED) is 0.657. The molecule has 2 N–H and O–H groups in total. The number of hydrogen-bond donors (Lipinski definition) is 1. The first-order valence-electron chi connectivity index (χ1n) is 3.48. The van der Waals surface area contributed by atoms with Crippen molar-refractivity contribution in [1.29, 1.82) is 0 Å². The summed E-state index contributed by atoms with van der Waals surface area (Å²) in [6.45, 7) is 1.91. The highest BCUT2D eigenvalue weighted by molar-refractivity contribution is 5.42. The third kappa shape index (κ3) is 2.51. The Bertz CT molecular complexity index is 249. The Morgan fingerprint density at radius 2 is 2.45 bits per heavy atom. The van der Waals surface area contributed by atoms with Crippen molar-refractivity contribution in [2.24, 2.45) is 12.8 Å². The van der Waals surface area contributed by atoms with E-state index < -0.39 is 0 Å². The molecule has 60 valence electrons. The van der Waals surface area contributed by atoms with Gasteiger partial charge in [-0.15, -0.1) is 5.10 Å². The monoisotopic (exact) mass is 152 g/mol. The number of nitrogens with zero attached hydrogens (tertiary/aromatic N) is 3. The molecule has 0 aliphatic rings. The zero-order chi connectivity index (χ0) is 8.27. The van der Waals surface area contributed by atoms with E-state index in [1.165, 1.54) is 0 Å². The Hall–Kier alpha value is -1.16. The van der Waals surface area contributed by atoms with E-state index in [4.69, 9.17) is 5.73 Å². The van der Waals surface area contributed by atoms with Gasteiger partial charge in [0.1, 0.15) is 5.69 Å². The molecule has 0 saturated carbocycles. The van der Waals surface area contributed by atoms with Gasteiger partial charge in [0.05, 0.1) is 6.20 Å². The third-order valence-electron chi connectivity index (χ3n) is 1.19. The lowest BCUT2D eigenvalue weighted by molar-refractivity contribution is 0.714. The molecule has 1 atom stereocenters. The minimum absolute atomic E-state index is 0.0667. The van der Waals surface area contributed by atoms with Gasteiger partial charge in [-0.2, -0.15) is 0 Å². The number of nitrogens with two attached hydrogens (primary N) is 1. The number of aromatic nitrogens is 3. The Kier molecular flexibility index (Phi) is 2.38. The van der Waals surface area contributed by atoms with Crippen LogP contribution < -0.4 is 5.73 Å². The maximum atomic E-state index is 5.51. The molecular formula is C7H12N4. The van der Waals surface area contributed by atoms with E-state index in [9.17, 15) is 0 Å². The van der Waals surface area contributed by atoms with E-state index in [-0.39, 0.29) is 6.04 Å². The minimum Gasteiger partial charge on any atom is -0.325 e. The van der Waals surface area contributed by atoms with Gasteiger partial charge in [0.25, 0.3) is 0 Å². The van der Waals surface area contributed by atoms with Gasteiger partial charge >= 0.3 is 0 Å². The third-order valence-corrected chi connectivity index (χ3v) is 1.19. The summed E-state index contributed by atoms with van der Waals surface area (Å²) in [5.74, 6) is 0.